The summed E-state index contributed by atoms with van der Waals surface area (Å²) in [5.74, 6) is 1.41. The zero-order chi connectivity index (χ0) is 23.4. The molecule has 0 aliphatic carbocycles. The number of piperidine rings is 1. The van der Waals surface area contributed by atoms with E-state index in [9.17, 15) is 13.2 Å². The van der Waals surface area contributed by atoms with Gasteiger partial charge in [0.05, 0.1) is 22.0 Å². The molecule has 3 aromatic rings. The van der Waals surface area contributed by atoms with Crippen LogP contribution in [-0.2, 0) is 14.8 Å². The number of para-hydroxylation sites is 2. The van der Waals surface area contributed by atoms with E-state index < -0.39 is 10.0 Å². The fourth-order valence-electron chi connectivity index (χ4n) is 4.16. The average molecular weight is 487 g/mol. The highest BCUT2D eigenvalue weighted by molar-refractivity contribution is 7.98. The van der Waals surface area contributed by atoms with Gasteiger partial charge in [-0.1, -0.05) is 29.8 Å². The van der Waals surface area contributed by atoms with Gasteiger partial charge in [0, 0.05) is 19.0 Å². The minimum Gasteiger partial charge on any atom is -0.346 e. The summed E-state index contributed by atoms with van der Waals surface area (Å²) in [6.45, 7) is 2.61. The van der Waals surface area contributed by atoms with Crippen LogP contribution in [0.15, 0.2) is 53.4 Å². The minimum absolute atomic E-state index is 0.0334. The molecule has 0 bridgehead atoms. The number of nitrogens with one attached hydrogen (secondary N) is 2. The van der Waals surface area contributed by atoms with E-state index in [4.69, 9.17) is 0 Å². The first kappa shape index (κ1) is 23.8. The number of fused-ring (bicyclic) bond motifs is 1. The molecule has 1 aliphatic rings. The van der Waals surface area contributed by atoms with Gasteiger partial charge < -0.3 is 10.3 Å². The Morgan fingerprint density at radius 1 is 1.18 bits per heavy atom. The predicted octanol–water partition coefficient (Wildman–Crippen LogP) is 3.88. The Labute approximate surface area is 199 Å². The number of amides is 1. The molecular formula is C24H30N4O3S2. The Balaban J connectivity index is 1.41. The number of benzene rings is 2. The number of thioether (sulfide) groups is 1. The number of hydrogen-bond acceptors (Lipinski definition) is 5. The molecule has 9 heteroatoms. The number of imidazole rings is 1. The number of rotatable bonds is 8. The fourth-order valence-corrected chi connectivity index (χ4v) is 6.10. The molecule has 1 fully saturated rings. The molecule has 33 heavy (non-hydrogen) atoms. The van der Waals surface area contributed by atoms with Crippen LogP contribution in [0.25, 0.3) is 11.0 Å². The number of aromatic nitrogens is 2. The van der Waals surface area contributed by atoms with Crippen molar-refractivity contribution in [3.05, 3.63) is 59.9 Å². The summed E-state index contributed by atoms with van der Waals surface area (Å²) in [6.07, 6.45) is 3.83. The molecule has 0 spiro atoms. The zero-order valence-electron chi connectivity index (χ0n) is 19.0. The summed E-state index contributed by atoms with van der Waals surface area (Å²) in [4.78, 5) is 21.4. The summed E-state index contributed by atoms with van der Waals surface area (Å²) in [5.41, 5.74) is 2.85. The largest absolute Gasteiger partial charge is 0.346 e. The van der Waals surface area contributed by atoms with Crippen LogP contribution in [0, 0.1) is 12.8 Å². The number of nitrogens with zero attached hydrogens (tertiary/aromatic N) is 2. The predicted molar refractivity (Wildman–Crippen MR) is 133 cm³/mol. The summed E-state index contributed by atoms with van der Waals surface area (Å²) in [5, 5.41) is 3.18. The van der Waals surface area contributed by atoms with Crippen LogP contribution < -0.4 is 5.32 Å². The van der Waals surface area contributed by atoms with Gasteiger partial charge in [-0.3, -0.25) is 4.79 Å². The van der Waals surface area contributed by atoms with Crippen molar-refractivity contribution in [2.24, 2.45) is 5.92 Å². The van der Waals surface area contributed by atoms with Gasteiger partial charge >= 0.3 is 0 Å². The maximum Gasteiger partial charge on any atom is 0.243 e. The van der Waals surface area contributed by atoms with Crippen molar-refractivity contribution in [1.82, 2.24) is 19.6 Å². The zero-order valence-corrected chi connectivity index (χ0v) is 20.6. The average Bonchev–Trinajstić information content (AvgIpc) is 3.26. The molecule has 1 unspecified atom stereocenters. The lowest BCUT2D eigenvalue weighted by Crippen LogP contribution is -2.43. The van der Waals surface area contributed by atoms with Crippen LogP contribution in [-0.4, -0.2) is 53.7 Å². The second-order valence-corrected chi connectivity index (χ2v) is 11.4. The first-order chi connectivity index (χ1) is 15.9. The maximum absolute atomic E-state index is 13.1. The van der Waals surface area contributed by atoms with Gasteiger partial charge in [0.2, 0.25) is 15.9 Å². The van der Waals surface area contributed by atoms with E-state index in [2.05, 4.69) is 15.3 Å². The molecule has 7 nitrogen and oxygen atoms in total. The summed E-state index contributed by atoms with van der Waals surface area (Å²) >= 11 is 1.73. The van der Waals surface area contributed by atoms with E-state index in [1.807, 2.05) is 37.4 Å². The second kappa shape index (κ2) is 10.3. The van der Waals surface area contributed by atoms with E-state index in [0.717, 1.165) is 34.6 Å². The van der Waals surface area contributed by atoms with E-state index in [-0.39, 0.29) is 17.9 Å². The fraction of sp³-hybridized carbons (Fsp3) is 0.417. The van der Waals surface area contributed by atoms with Crippen LogP contribution in [0.5, 0.6) is 0 Å². The van der Waals surface area contributed by atoms with Crippen LogP contribution >= 0.6 is 11.8 Å². The highest BCUT2D eigenvalue weighted by atomic mass is 32.2. The molecule has 1 aliphatic heterocycles. The summed E-state index contributed by atoms with van der Waals surface area (Å²) < 4.78 is 27.4. The third-order valence-corrected chi connectivity index (χ3v) is 8.71. The quantitative estimate of drug-likeness (QED) is 0.504. The summed E-state index contributed by atoms with van der Waals surface area (Å²) in [7, 11) is -3.54. The summed E-state index contributed by atoms with van der Waals surface area (Å²) in [6, 6.07) is 14.5. The minimum atomic E-state index is -3.54. The molecule has 0 radical (unpaired) electrons. The number of aryl methyl sites for hydroxylation is 1. The molecule has 1 aromatic heterocycles. The number of carbonyl (C=O) groups is 1. The molecule has 1 saturated heterocycles. The second-order valence-electron chi connectivity index (χ2n) is 8.47. The van der Waals surface area contributed by atoms with Gasteiger partial charge in [-0.2, -0.15) is 16.1 Å². The van der Waals surface area contributed by atoms with Crippen LogP contribution in [0.2, 0.25) is 0 Å². The molecule has 2 heterocycles. The first-order valence-corrected chi connectivity index (χ1v) is 14.0. The smallest absolute Gasteiger partial charge is 0.243 e. The van der Waals surface area contributed by atoms with Crippen molar-refractivity contribution in [2.45, 2.75) is 37.1 Å². The Kier molecular flexibility index (Phi) is 7.41. The van der Waals surface area contributed by atoms with E-state index in [1.165, 1.54) is 4.31 Å². The van der Waals surface area contributed by atoms with Gasteiger partial charge in [0.1, 0.15) is 5.82 Å². The molecular weight excluding hydrogens is 456 g/mol. The van der Waals surface area contributed by atoms with E-state index in [1.54, 1.807) is 36.0 Å². The topological polar surface area (TPSA) is 95.2 Å². The SMILES string of the molecule is CSCCC(NC(=O)C1CCN(S(=O)(=O)c2ccc(C)cc2)CC1)c1nc2ccccc2[nH]1. The van der Waals surface area contributed by atoms with Crippen molar-refractivity contribution in [3.8, 4) is 0 Å². The maximum atomic E-state index is 13.1. The molecule has 0 saturated carbocycles. The van der Waals surface area contributed by atoms with Gasteiger partial charge in [-0.15, -0.1) is 0 Å². The Bertz CT molecular complexity index is 1170. The van der Waals surface area contributed by atoms with Gasteiger partial charge in [-0.05, 0) is 62.5 Å². The number of H-pyrrole nitrogens is 1. The van der Waals surface area contributed by atoms with Gasteiger partial charge in [0.25, 0.3) is 0 Å². The highest BCUT2D eigenvalue weighted by Gasteiger charge is 2.33. The van der Waals surface area contributed by atoms with Crippen molar-refractivity contribution in [2.75, 3.05) is 25.1 Å². The Morgan fingerprint density at radius 2 is 1.88 bits per heavy atom. The van der Waals surface area contributed by atoms with Crippen LogP contribution in [0.4, 0.5) is 0 Å². The number of carbonyl (C=O) groups excluding carboxylic acids is 1. The van der Waals surface area contributed by atoms with Crippen molar-refractivity contribution in [1.29, 1.82) is 0 Å². The third kappa shape index (κ3) is 5.42. The van der Waals surface area contributed by atoms with Crippen molar-refractivity contribution >= 4 is 38.7 Å². The number of aromatic amines is 1. The Hall–Kier alpha value is -2.36. The first-order valence-electron chi connectivity index (χ1n) is 11.2. The normalized spacial score (nSPS) is 16.7. The molecule has 2 N–H and O–H groups in total. The van der Waals surface area contributed by atoms with E-state index >= 15 is 0 Å². The number of sulfonamides is 1. The molecule has 176 valence electrons. The monoisotopic (exact) mass is 486 g/mol. The molecule has 4 rings (SSSR count). The lowest BCUT2D eigenvalue weighted by Gasteiger charge is -2.31. The molecule has 1 atom stereocenters. The van der Waals surface area contributed by atoms with Crippen LogP contribution in [0.3, 0.4) is 0 Å². The third-order valence-electron chi connectivity index (χ3n) is 6.15. The Morgan fingerprint density at radius 3 is 2.55 bits per heavy atom. The van der Waals surface area contributed by atoms with Crippen LogP contribution in [0.1, 0.15) is 36.7 Å². The molecule has 1 amide bonds. The van der Waals surface area contributed by atoms with Gasteiger partial charge in [-0.25, -0.2) is 13.4 Å². The van der Waals surface area contributed by atoms with Crippen molar-refractivity contribution < 1.29 is 13.2 Å². The van der Waals surface area contributed by atoms with Crippen molar-refractivity contribution in [3.63, 3.8) is 0 Å². The lowest BCUT2D eigenvalue weighted by molar-refractivity contribution is -0.127. The highest BCUT2D eigenvalue weighted by Crippen LogP contribution is 2.26. The van der Waals surface area contributed by atoms with E-state index in [0.29, 0.717) is 30.8 Å². The standard InChI is InChI=1S/C24H30N4O3S2/c1-17-7-9-19(10-8-17)33(30,31)28-14-11-18(12-15-28)24(29)27-22(13-16-32-2)23-25-20-5-3-4-6-21(20)26-23/h3-10,18,22H,11-16H2,1-2H3,(H,25,26)(H,27,29). The van der Waals surface area contributed by atoms with Gasteiger partial charge in [0.15, 0.2) is 0 Å². The number of hydrogen-bond donors (Lipinski definition) is 2. The lowest BCUT2D eigenvalue weighted by atomic mass is 9.96. The molecule has 2 aromatic carbocycles.